The van der Waals surface area contributed by atoms with Crippen molar-refractivity contribution in [3.8, 4) is 0 Å². The maximum atomic E-state index is 11.7. The number of anilines is 2. The Morgan fingerprint density at radius 1 is 1.53 bits per heavy atom. The molecule has 1 fully saturated rings. The Bertz CT molecular complexity index is 380. The monoisotopic (exact) mass is 204 g/mol. The molecule has 80 valence electrons. The molecule has 2 unspecified atom stereocenters. The maximum Gasteiger partial charge on any atom is 0.227 e. The molecule has 1 aromatic rings. The third-order valence-electron chi connectivity index (χ3n) is 3.00. The molecule has 0 radical (unpaired) electrons. The van der Waals surface area contributed by atoms with Gasteiger partial charge in [0.25, 0.3) is 0 Å². The van der Waals surface area contributed by atoms with Crippen molar-refractivity contribution in [2.75, 3.05) is 11.1 Å². The summed E-state index contributed by atoms with van der Waals surface area (Å²) in [6, 6.07) is 5.64. The number of para-hydroxylation sites is 1. The normalized spacial score (nSPS) is 23.6. The Labute approximate surface area is 89.7 Å². The molecule has 0 aliphatic heterocycles. The zero-order chi connectivity index (χ0) is 11.0. The molecule has 3 nitrogen and oxygen atoms in total. The number of carbonyl (C=O) groups excluding carboxylic acids is 1. The highest BCUT2D eigenvalue weighted by atomic mass is 16.2. The van der Waals surface area contributed by atoms with Crippen LogP contribution in [0, 0.1) is 18.8 Å². The molecular weight excluding hydrogens is 188 g/mol. The predicted molar refractivity (Wildman–Crippen MR) is 61.5 cm³/mol. The smallest absolute Gasteiger partial charge is 0.227 e. The molecule has 0 heterocycles. The standard InChI is InChI=1S/C12H16N2O/c1-7-4-3-5-10(13)11(7)14-12(15)9-6-8(9)2/h3-5,8-9H,6,13H2,1-2H3,(H,14,15). The van der Waals surface area contributed by atoms with Gasteiger partial charge in [0.1, 0.15) is 0 Å². The van der Waals surface area contributed by atoms with Crippen LogP contribution < -0.4 is 11.1 Å². The Morgan fingerprint density at radius 3 is 2.73 bits per heavy atom. The number of carbonyl (C=O) groups is 1. The second-order valence-electron chi connectivity index (χ2n) is 4.35. The molecular formula is C12H16N2O. The Kier molecular flexibility index (Phi) is 2.39. The van der Waals surface area contributed by atoms with Crippen LogP contribution in [-0.4, -0.2) is 5.91 Å². The van der Waals surface area contributed by atoms with Gasteiger partial charge in [-0.3, -0.25) is 4.79 Å². The van der Waals surface area contributed by atoms with Crippen molar-refractivity contribution in [2.45, 2.75) is 20.3 Å². The van der Waals surface area contributed by atoms with Gasteiger partial charge in [0, 0.05) is 5.92 Å². The molecule has 1 aliphatic rings. The quantitative estimate of drug-likeness (QED) is 0.725. The minimum Gasteiger partial charge on any atom is -0.397 e. The molecule has 0 bridgehead atoms. The van der Waals surface area contributed by atoms with Crippen LogP contribution in [-0.2, 0) is 4.79 Å². The van der Waals surface area contributed by atoms with E-state index in [2.05, 4.69) is 12.2 Å². The summed E-state index contributed by atoms with van der Waals surface area (Å²) in [7, 11) is 0. The number of nitrogens with two attached hydrogens (primary N) is 1. The van der Waals surface area contributed by atoms with Gasteiger partial charge in [-0.15, -0.1) is 0 Å². The summed E-state index contributed by atoms with van der Waals surface area (Å²) in [6.45, 7) is 4.04. The molecule has 2 atom stereocenters. The maximum absolute atomic E-state index is 11.7. The van der Waals surface area contributed by atoms with Crippen molar-refractivity contribution in [1.29, 1.82) is 0 Å². The number of nitrogen functional groups attached to an aromatic ring is 1. The first-order valence-corrected chi connectivity index (χ1v) is 5.25. The van der Waals surface area contributed by atoms with E-state index in [1.54, 1.807) is 6.07 Å². The van der Waals surface area contributed by atoms with Crippen LogP contribution >= 0.6 is 0 Å². The minimum absolute atomic E-state index is 0.100. The number of nitrogens with one attached hydrogen (secondary N) is 1. The molecule has 15 heavy (non-hydrogen) atoms. The first kappa shape index (κ1) is 10.0. The van der Waals surface area contributed by atoms with Crippen LogP contribution in [0.15, 0.2) is 18.2 Å². The van der Waals surface area contributed by atoms with Gasteiger partial charge in [-0.2, -0.15) is 0 Å². The Balaban J connectivity index is 2.13. The molecule has 0 saturated heterocycles. The van der Waals surface area contributed by atoms with Gasteiger partial charge in [0.05, 0.1) is 11.4 Å². The summed E-state index contributed by atoms with van der Waals surface area (Å²) < 4.78 is 0. The summed E-state index contributed by atoms with van der Waals surface area (Å²) in [5, 5.41) is 2.91. The second-order valence-corrected chi connectivity index (χ2v) is 4.35. The largest absolute Gasteiger partial charge is 0.397 e. The van der Waals surface area contributed by atoms with Gasteiger partial charge in [0.2, 0.25) is 5.91 Å². The van der Waals surface area contributed by atoms with Gasteiger partial charge < -0.3 is 11.1 Å². The van der Waals surface area contributed by atoms with Crippen molar-refractivity contribution in [2.24, 2.45) is 11.8 Å². The van der Waals surface area contributed by atoms with E-state index < -0.39 is 0 Å². The van der Waals surface area contributed by atoms with Crippen molar-refractivity contribution in [3.05, 3.63) is 23.8 Å². The van der Waals surface area contributed by atoms with Crippen molar-refractivity contribution in [1.82, 2.24) is 0 Å². The first-order valence-electron chi connectivity index (χ1n) is 5.25. The Morgan fingerprint density at radius 2 is 2.20 bits per heavy atom. The predicted octanol–water partition coefficient (Wildman–Crippen LogP) is 2.17. The van der Waals surface area contributed by atoms with Gasteiger partial charge in [-0.1, -0.05) is 19.1 Å². The summed E-state index contributed by atoms with van der Waals surface area (Å²) in [6.07, 6.45) is 0.998. The number of hydrogen-bond acceptors (Lipinski definition) is 2. The lowest BCUT2D eigenvalue weighted by atomic mass is 10.1. The molecule has 0 aromatic heterocycles. The van der Waals surface area contributed by atoms with Crippen LogP contribution in [0.1, 0.15) is 18.9 Å². The molecule has 1 saturated carbocycles. The number of amides is 1. The van der Waals surface area contributed by atoms with Gasteiger partial charge in [-0.05, 0) is 30.9 Å². The van der Waals surface area contributed by atoms with Crippen LogP contribution in [0.2, 0.25) is 0 Å². The summed E-state index contributed by atoms with van der Waals surface area (Å²) >= 11 is 0. The fourth-order valence-corrected chi connectivity index (χ4v) is 1.76. The van der Waals surface area contributed by atoms with E-state index >= 15 is 0 Å². The molecule has 3 N–H and O–H groups in total. The molecule has 1 amide bonds. The van der Waals surface area contributed by atoms with Gasteiger partial charge in [-0.25, -0.2) is 0 Å². The third kappa shape index (κ3) is 1.96. The number of benzene rings is 1. The van der Waals surface area contributed by atoms with Crippen molar-refractivity contribution < 1.29 is 4.79 Å². The zero-order valence-corrected chi connectivity index (χ0v) is 9.08. The van der Waals surface area contributed by atoms with E-state index in [0.717, 1.165) is 17.7 Å². The topological polar surface area (TPSA) is 55.1 Å². The molecule has 3 heteroatoms. The number of rotatable bonds is 2. The lowest BCUT2D eigenvalue weighted by Crippen LogP contribution is -2.16. The zero-order valence-electron chi connectivity index (χ0n) is 9.08. The van der Waals surface area contributed by atoms with E-state index in [1.807, 2.05) is 19.1 Å². The second kappa shape index (κ2) is 3.57. The molecule has 0 spiro atoms. The highest BCUT2D eigenvalue weighted by Gasteiger charge is 2.39. The van der Waals surface area contributed by atoms with E-state index in [1.165, 1.54) is 0 Å². The lowest BCUT2D eigenvalue weighted by Gasteiger charge is -2.10. The van der Waals surface area contributed by atoms with Crippen LogP contribution in [0.25, 0.3) is 0 Å². The van der Waals surface area contributed by atoms with E-state index in [9.17, 15) is 4.79 Å². The SMILES string of the molecule is Cc1cccc(N)c1NC(=O)C1CC1C. The third-order valence-corrected chi connectivity index (χ3v) is 3.00. The molecule has 1 aliphatic carbocycles. The fraction of sp³-hybridized carbons (Fsp3) is 0.417. The van der Waals surface area contributed by atoms with E-state index in [4.69, 9.17) is 5.73 Å². The van der Waals surface area contributed by atoms with Crippen molar-refractivity contribution >= 4 is 17.3 Å². The average molecular weight is 204 g/mol. The van der Waals surface area contributed by atoms with Crippen molar-refractivity contribution in [3.63, 3.8) is 0 Å². The number of hydrogen-bond donors (Lipinski definition) is 2. The molecule has 1 aromatic carbocycles. The number of aryl methyl sites for hydroxylation is 1. The van der Waals surface area contributed by atoms with Gasteiger partial charge in [0.15, 0.2) is 0 Å². The first-order chi connectivity index (χ1) is 7.09. The highest BCUT2D eigenvalue weighted by Crippen LogP contribution is 2.39. The van der Waals surface area contributed by atoms with E-state index in [-0.39, 0.29) is 11.8 Å². The van der Waals surface area contributed by atoms with Gasteiger partial charge >= 0.3 is 0 Å². The van der Waals surface area contributed by atoms with E-state index in [0.29, 0.717) is 11.6 Å². The summed E-state index contributed by atoms with van der Waals surface area (Å²) in [5.74, 6) is 0.808. The lowest BCUT2D eigenvalue weighted by molar-refractivity contribution is -0.117. The van der Waals surface area contributed by atoms with Crippen LogP contribution in [0.5, 0.6) is 0 Å². The minimum atomic E-state index is 0.100. The summed E-state index contributed by atoms with van der Waals surface area (Å²) in [5.41, 5.74) is 8.22. The fourth-order valence-electron chi connectivity index (χ4n) is 1.76. The average Bonchev–Trinajstić information content (AvgIpc) is 2.89. The van der Waals surface area contributed by atoms with Crippen LogP contribution in [0.3, 0.4) is 0 Å². The summed E-state index contributed by atoms with van der Waals surface area (Å²) in [4.78, 5) is 11.7. The Hall–Kier alpha value is -1.51. The molecule has 2 rings (SSSR count). The van der Waals surface area contributed by atoms with Crippen LogP contribution in [0.4, 0.5) is 11.4 Å². The highest BCUT2D eigenvalue weighted by molar-refractivity contribution is 5.97.